The van der Waals surface area contributed by atoms with E-state index < -0.39 is 4.92 Å². The number of carbonyl (C=O) groups is 1. The minimum absolute atomic E-state index is 0.0261. The first-order valence-electron chi connectivity index (χ1n) is 10.1. The smallest absolute Gasteiger partial charge is 0.287 e. The van der Waals surface area contributed by atoms with E-state index in [0.29, 0.717) is 38.4 Å². The number of anilines is 1. The van der Waals surface area contributed by atoms with Gasteiger partial charge in [-0.05, 0) is 19.9 Å². The van der Waals surface area contributed by atoms with Gasteiger partial charge in [-0.1, -0.05) is 29.8 Å². The molecule has 31 heavy (non-hydrogen) atoms. The lowest BCUT2D eigenvalue weighted by Crippen LogP contribution is -2.49. The van der Waals surface area contributed by atoms with Crippen molar-refractivity contribution in [2.24, 2.45) is 0 Å². The molecule has 0 radical (unpaired) electrons. The van der Waals surface area contributed by atoms with Crippen molar-refractivity contribution in [3.63, 3.8) is 0 Å². The van der Waals surface area contributed by atoms with Crippen LogP contribution in [-0.4, -0.2) is 51.9 Å². The first kappa shape index (κ1) is 20.9. The summed E-state index contributed by atoms with van der Waals surface area (Å²) in [6.45, 7) is 6.48. The predicted octanol–water partition coefficient (Wildman–Crippen LogP) is 3.62. The van der Waals surface area contributed by atoms with Gasteiger partial charge in [0.05, 0.1) is 22.0 Å². The molecule has 8 nitrogen and oxygen atoms in total. The molecular weight excluding hydrogens is 414 g/mol. The number of benzene rings is 1. The van der Waals surface area contributed by atoms with Crippen LogP contribution < -0.4 is 4.90 Å². The van der Waals surface area contributed by atoms with Crippen LogP contribution in [0, 0.1) is 24.0 Å². The van der Waals surface area contributed by atoms with Crippen molar-refractivity contribution >= 4 is 28.7 Å². The molecule has 1 saturated heterocycles. The van der Waals surface area contributed by atoms with Crippen LogP contribution >= 0.6 is 11.3 Å². The molecule has 0 aliphatic carbocycles. The Morgan fingerprint density at radius 1 is 1.10 bits per heavy atom. The first-order chi connectivity index (χ1) is 14.9. The summed E-state index contributed by atoms with van der Waals surface area (Å²) in [6, 6.07) is 11.3. The van der Waals surface area contributed by atoms with Gasteiger partial charge in [-0.15, -0.1) is 11.3 Å². The fourth-order valence-electron chi connectivity index (χ4n) is 3.63. The third kappa shape index (κ3) is 4.72. The highest BCUT2D eigenvalue weighted by atomic mass is 32.1. The molecule has 0 spiro atoms. The fourth-order valence-corrected chi connectivity index (χ4v) is 4.58. The molecule has 0 atom stereocenters. The van der Waals surface area contributed by atoms with Crippen LogP contribution in [-0.2, 0) is 11.2 Å². The number of aryl methyl sites for hydroxylation is 2. The van der Waals surface area contributed by atoms with Gasteiger partial charge in [-0.25, -0.2) is 9.97 Å². The Labute approximate surface area is 184 Å². The Hall–Kier alpha value is -3.33. The Kier molecular flexibility index (Phi) is 5.94. The molecule has 0 N–H and O–H groups in total. The van der Waals surface area contributed by atoms with E-state index in [1.54, 1.807) is 17.4 Å². The summed E-state index contributed by atoms with van der Waals surface area (Å²) in [4.78, 5) is 37.1. The lowest BCUT2D eigenvalue weighted by Gasteiger charge is -2.35. The number of thiazole rings is 1. The van der Waals surface area contributed by atoms with Crippen LogP contribution in [0.5, 0.6) is 0 Å². The number of hydrogen-bond donors (Lipinski definition) is 0. The third-order valence-corrected chi connectivity index (χ3v) is 6.31. The molecule has 1 aromatic carbocycles. The number of aromatic nitrogens is 2. The predicted molar refractivity (Wildman–Crippen MR) is 120 cm³/mol. The van der Waals surface area contributed by atoms with Gasteiger partial charge in [-0.3, -0.25) is 14.9 Å². The highest BCUT2D eigenvalue weighted by molar-refractivity contribution is 7.12. The third-order valence-electron chi connectivity index (χ3n) is 5.34. The zero-order valence-corrected chi connectivity index (χ0v) is 18.3. The zero-order chi connectivity index (χ0) is 22.0. The lowest BCUT2D eigenvalue weighted by atomic mass is 10.1. The van der Waals surface area contributed by atoms with Gasteiger partial charge in [0.1, 0.15) is 12.0 Å². The van der Waals surface area contributed by atoms with Gasteiger partial charge >= 0.3 is 0 Å². The Morgan fingerprint density at radius 3 is 2.42 bits per heavy atom. The maximum Gasteiger partial charge on any atom is 0.287 e. The number of nitrogens with zero attached hydrogens (tertiary/aromatic N) is 5. The summed E-state index contributed by atoms with van der Waals surface area (Å²) in [5.41, 5.74) is 3.09. The summed E-state index contributed by atoms with van der Waals surface area (Å²) in [5, 5.41) is 11.7. The van der Waals surface area contributed by atoms with Crippen molar-refractivity contribution in [1.29, 1.82) is 0 Å². The fraction of sp³-hybridized carbons (Fsp3) is 0.318. The first-order valence-corrected chi connectivity index (χ1v) is 10.9. The highest BCUT2D eigenvalue weighted by Gasteiger charge is 2.24. The monoisotopic (exact) mass is 437 g/mol. The van der Waals surface area contributed by atoms with Crippen molar-refractivity contribution < 1.29 is 9.72 Å². The molecule has 3 heterocycles. The van der Waals surface area contributed by atoms with Crippen LogP contribution in [0.4, 0.5) is 11.5 Å². The van der Waals surface area contributed by atoms with Crippen molar-refractivity contribution in [2.75, 3.05) is 31.1 Å². The van der Waals surface area contributed by atoms with E-state index in [1.807, 2.05) is 35.8 Å². The van der Waals surface area contributed by atoms with Crippen LogP contribution in [0.3, 0.4) is 0 Å². The molecule has 1 aliphatic rings. The summed E-state index contributed by atoms with van der Waals surface area (Å²) in [5.74, 6) is 0.783. The van der Waals surface area contributed by atoms with Gasteiger partial charge in [0.25, 0.3) is 5.69 Å². The number of hydrogen-bond acceptors (Lipinski definition) is 7. The number of rotatable bonds is 5. The maximum absolute atomic E-state index is 13.0. The van der Waals surface area contributed by atoms with Crippen molar-refractivity contribution in [3.8, 4) is 11.3 Å². The maximum atomic E-state index is 13.0. The molecular formula is C22H23N5O3S. The molecule has 0 saturated carbocycles. The summed E-state index contributed by atoms with van der Waals surface area (Å²) >= 11 is 1.57. The molecule has 1 fully saturated rings. The summed E-state index contributed by atoms with van der Waals surface area (Å²) < 4.78 is 0. The molecule has 4 rings (SSSR count). The topological polar surface area (TPSA) is 92.5 Å². The highest BCUT2D eigenvalue weighted by Crippen LogP contribution is 2.29. The van der Waals surface area contributed by atoms with Gasteiger partial charge in [-0.2, -0.15) is 0 Å². The summed E-state index contributed by atoms with van der Waals surface area (Å²) in [6.07, 6.45) is 1.61. The molecule has 0 bridgehead atoms. The molecule has 9 heteroatoms. The zero-order valence-electron chi connectivity index (χ0n) is 17.4. The quantitative estimate of drug-likeness (QED) is 0.447. The van der Waals surface area contributed by atoms with Crippen molar-refractivity contribution in [1.82, 2.24) is 14.9 Å². The van der Waals surface area contributed by atoms with Crippen molar-refractivity contribution in [2.45, 2.75) is 20.3 Å². The Morgan fingerprint density at radius 2 is 1.81 bits per heavy atom. The number of piperazine rings is 1. The van der Waals surface area contributed by atoms with Gasteiger partial charge in [0.15, 0.2) is 0 Å². The minimum Gasteiger partial charge on any atom is -0.353 e. The van der Waals surface area contributed by atoms with Gasteiger partial charge in [0.2, 0.25) is 5.91 Å². The van der Waals surface area contributed by atoms with Crippen LogP contribution in [0.2, 0.25) is 0 Å². The molecule has 1 amide bonds. The largest absolute Gasteiger partial charge is 0.353 e. The Balaban J connectivity index is 1.40. The van der Waals surface area contributed by atoms with E-state index in [9.17, 15) is 14.9 Å². The van der Waals surface area contributed by atoms with Crippen molar-refractivity contribution in [3.05, 3.63) is 68.2 Å². The van der Waals surface area contributed by atoms with Gasteiger partial charge in [0, 0.05) is 42.7 Å². The molecule has 160 valence electrons. The minimum atomic E-state index is -0.459. The molecule has 0 unspecified atom stereocenters. The van der Waals surface area contributed by atoms with E-state index >= 15 is 0 Å². The second-order valence-corrected chi connectivity index (χ2v) is 8.83. The van der Waals surface area contributed by atoms with E-state index in [1.165, 1.54) is 17.8 Å². The lowest BCUT2D eigenvalue weighted by molar-refractivity contribution is -0.385. The molecule has 2 aromatic heterocycles. The number of pyridine rings is 1. The van der Waals surface area contributed by atoms with Gasteiger partial charge < -0.3 is 9.80 Å². The number of carbonyl (C=O) groups excluding carboxylic acids is 1. The normalized spacial score (nSPS) is 14.0. The number of nitro groups is 1. The SMILES string of the molecule is Cc1ccc(-c2nc(C)sc2CC(=O)N2CCN(c3ccc([N+](=O)[O-])cn3)CC2)cc1. The Bertz CT molecular complexity index is 1090. The van der Waals surface area contributed by atoms with Crippen LogP contribution in [0.15, 0.2) is 42.6 Å². The van der Waals surface area contributed by atoms with E-state index in [0.717, 1.165) is 21.1 Å². The molecule has 3 aromatic rings. The van der Waals surface area contributed by atoms with E-state index in [2.05, 4.69) is 22.1 Å². The van der Waals surface area contributed by atoms with E-state index in [4.69, 9.17) is 0 Å². The summed E-state index contributed by atoms with van der Waals surface area (Å²) in [7, 11) is 0. The second-order valence-electron chi connectivity index (χ2n) is 7.55. The molecule has 1 aliphatic heterocycles. The average Bonchev–Trinajstić information content (AvgIpc) is 3.14. The average molecular weight is 438 g/mol. The van der Waals surface area contributed by atoms with E-state index in [-0.39, 0.29) is 11.6 Å². The second kappa shape index (κ2) is 8.81. The number of amides is 1. The standard InChI is InChI=1S/C22H23N5O3S/c1-15-3-5-17(6-4-15)22-19(31-16(2)24-22)13-21(28)26-11-9-25(10-12-26)20-8-7-18(14-23-20)27(29)30/h3-8,14H,9-13H2,1-2H3. The van der Waals surface area contributed by atoms with Crippen LogP contribution in [0.25, 0.3) is 11.3 Å². The van der Waals surface area contributed by atoms with Crippen LogP contribution in [0.1, 0.15) is 15.4 Å².